The van der Waals surface area contributed by atoms with Crippen LogP contribution < -0.4 is 0 Å². The lowest BCUT2D eigenvalue weighted by molar-refractivity contribution is 0.683. The molecule has 46 valence electrons. The van der Waals surface area contributed by atoms with Gasteiger partial charge >= 0.3 is 0 Å². The molecule has 0 atom stereocenters. The topological polar surface area (TPSA) is 0 Å². The average molecular weight is 114 g/mol. The molecule has 0 saturated heterocycles. The minimum Gasteiger partial charge on any atom is -0.223 e. The molecular formula is C6H12BF. The predicted molar refractivity (Wildman–Crippen MR) is 37.0 cm³/mol. The van der Waals surface area contributed by atoms with Gasteiger partial charge in [0.25, 0.3) is 0 Å². The Morgan fingerprint density at radius 2 is 2.25 bits per heavy atom. The van der Waals surface area contributed by atoms with Crippen molar-refractivity contribution >= 4 is 6.71 Å². The molecule has 2 heteroatoms. The first-order chi connectivity index (χ1) is 3.72. The second-order valence-corrected chi connectivity index (χ2v) is 1.98. The minimum absolute atomic E-state index is 0.00694. The third-order valence-electron chi connectivity index (χ3n) is 1.36. The molecule has 0 aromatic carbocycles. The van der Waals surface area contributed by atoms with Crippen molar-refractivity contribution in [2.24, 2.45) is 0 Å². The number of allylic oxidation sites excluding steroid dienone is 1. The zero-order valence-electron chi connectivity index (χ0n) is 5.74. The van der Waals surface area contributed by atoms with Crippen LogP contribution in [0.2, 0.25) is 13.1 Å². The molecule has 0 rings (SSSR count). The van der Waals surface area contributed by atoms with E-state index in [1.54, 1.807) is 6.92 Å². The van der Waals surface area contributed by atoms with Gasteiger partial charge in [-0.05, 0) is 6.92 Å². The highest BCUT2D eigenvalue weighted by molar-refractivity contribution is 6.64. The summed E-state index contributed by atoms with van der Waals surface area (Å²) in [7, 11) is 0. The van der Waals surface area contributed by atoms with Crippen LogP contribution in [0.4, 0.5) is 4.39 Å². The fraction of sp³-hybridized carbons (Fsp3) is 0.667. The summed E-state index contributed by atoms with van der Waals surface area (Å²) in [6.45, 7) is 5.70. The number of hydrogen-bond acceptors (Lipinski definition) is 0. The monoisotopic (exact) mass is 114 g/mol. The SMILES string of the molecule is C/C=C(\F)B(C)CC. The zero-order valence-corrected chi connectivity index (χ0v) is 5.74. The van der Waals surface area contributed by atoms with Crippen LogP contribution in [0.15, 0.2) is 11.8 Å². The number of halogens is 1. The second-order valence-electron chi connectivity index (χ2n) is 1.98. The van der Waals surface area contributed by atoms with Crippen molar-refractivity contribution in [1.29, 1.82) is 0 Å². The van der Waals surface area contributed by atoms with Crippen molar-refractivity contribution in [3.8, 4) is 0 Å². The molecule has 0 aliphatic carbocycles. The fourth-order valence-corrected chi connectivity index (χ4v) is 0.480. The first-order valence-electron chi connectivity index (χ1n) is 3.04. The first-order valence-corrected chi connectivity index (χ1v) is 3.04. The summed E-state index contributed by atoms with van der Waals surface area (Å²) >= 11 is 0. The Bertz CT molecular complexity index is 88.5. The molecule has 0 heterocycles. The van der Waals surface area contributed by atoms with Gasteiger partial charge in [0.15, 0.2) is 0 Å². The highest BCUT2D eigenvalue weighted by Crippen LogP contribution is 2.05. The van der Waals surface area contributed by atoms with Crippen LogP contribution in [0.5, 0.6) is 0 Å². The largest absolute Gasteiger partial charge is 0.223 e. The summed E-state index contributed by atoms with van der Waals surface area (Å²) in [4.78, 5) is 0. The highest BCUT2D eigenvalue weighted by atomic mass is 19.1. The molecule has 0 aromatic rings. The Morgan fingerprint density at radius 3 is 2.38 bits per heavy atom. The Kier molecular flexibility index (Phi) is 3.58. The number of hydrogen-bond donors (Lipinski definition) is 0. The summed E-state index contributed by atoms with van der Waals surface area (Å²) < 4.78 is 12.4. The van der Waals surface area contributed by atoms with Gasteiger partial charge in [-0.15, -0.1) is 0 Å². The van der Waals surface area contributed by atoms with Crippen molar-refractivity contribution in [3.63, 3.8) is 0 Å². The third kappa shape index (κ3) is 2.15. The van der Waals surface area contributed by atoms with Gasteiger partial charge in [0, 0.05) is 0 Å². The van der Waals surface area contributed by atoms with Crippen LogP contribution in [0, 0.1) is 0 Å². The maximum absolute atomic E-state index is 12.4. The minimum atomic E-state index is 0.00694. The van der Waals surface area contributed by atoms with Gasteiger partial charge in [0.1, 0.15) is 0 Å². The van der Waals surface area contributed by atoms with E-state index in [0.29, 0.717) is 0 Å². The van der Waals surface area contributed by atoms with E-state index in [4.69, 9.17) is 0 Å². The normalized spacial score (nSPS) is 11.8. The van der Waals surface area contributed by atoms with E-state index in [-0.39, 0.29) is 12.4 Å². The first kappa shape index (κ1) is 7.73. The maximum Gasteiger partial charge on any atom is 0.209 e. The smallest absolute Gasteiger partial charge is 0.209 e. The summed E-state index contributed by atoms with van der Waals surface area (Å²) in [5, 5.41) is 0. The van der Waals surface area contributed by atoms with Gasteiger partial charge in [-0.1, -0.05) is 26.1 Å². The van der Waals surface area contributed by atoms with E-state index in [2.05, 4.69) is 0 Å². The molecule has 0 aliphatic rings. The van der Waals surface area contributed by atoms with Crippen LogP contribution in [0.25, 0.3) is 0 Å². The van der Waals surface area contributed by atoms with E-state index in [1.165, 1.54) is 6.08 Å². The molecule has 0 aliphatic heterocycles. The van der Waals surface area contributed by atoms with Crippen molar-refractivity contribution in [2.75, 3.05) is 0 Å². The molecule has 0 radical (unpaired) electrons. The summed E-state index contributed by atoms with van der Waals surface area (Å²) in [5.41, 5.74) is 0.00694. The Labute approximate surface area is 50.9 Å². The van der Waals surface area contributed by atoms with Gasteiger partial charge in [-0.3, -0.25) is 0 Å². The highest BCUT2D eigenvalue weighted by Gasteiger charge is 2.07. The summed E-state index contributed by atoms with van der Waals surface area (Å²) in [6, 6.07) is 0. The van der Waals surface area contributed by atoms with E-state index in [0.717, 1.165) is 6.32 Å². The standard InChI is InChI=1S/C6H12BF/c1-4-6(8)7(3)5-2/h4H,5H2,1-3H3/b6-4-. The van der Waals surface area contributed by atoms with Crippen LogP contribution in [0.1, 0.15) is 13.8 Å². The second kappa shape index (κ2) is 3.70. The van der Waals surface area contributed by atoms with E-state index in [1.807, 2.05) is 13.7 Å². The Morgan fingerprint density at radius 1 is 1.75 bits per heavy atom. The number of rotatable bonds is 2. The van der Waals surface area contributed by atoms with Crippen molar-refractivity contribution < 1.29 is 4.39 Å². The lowest BCUT2D eigenvalue weighted by atomic mass is 9.49. The molecule has 0 saturated carbocycles. The van der Waals surface area contributed by atoms with E-state index < -0.39 is 0 Å². The quantitative estimate of drug-likeness (QED) is 0.484. The lowest BCUT2D eigenvalue weighted by Gasteiger charge is -1.97. The van der Waals surface area contributed by atoms with Gasteiger partial charge in [0.05, 0.1) is 5.73 Å². The van der Waals surface area contributed by atoms with Crippen molar-refractivity contribution in [2.45, 2.75) is 27.0 Å². The van der Waals surface area contributed by atoms with Gasteiger partial charge in [-0.25, -0.2) is 4.39 Å². The van der Waals surface area contributed by atoms with Crippen molar-refractivity contribution in [1.82, 2.24) is 0 Å². The molecule has 8 heavy (non-hydrogen) atoms. The van der Waals surface area contributed by atoms with Crippen molar-refractivity contribution in [3.05, 3.63) is 11.8 Å². The summed E-state index contributed by atoms with van der Waals surface area (Å²) in [5.74, 6) is 0. The third-order valence-corrected chi connectivity index (χ3v) is 1.36. The van der Waals surface area contributed by atoms with E-state index >= 15 is 0 Å². The molecule has 0 N–H and O–H groups in total. The molecule has 0 spiro atoms. The van der Waals surface area contributed by atoms with E-state index in [9.17, 15) is 4.39 Å². The van der Waals surface area contributed by atoms with Gasteiger partial charge < -0.3 is 0 Å². The fourth-order valence-electron chi connectivity index (χ4n) is 0.480. The van der Waals surface area contributed by atoms with Crippen LogP contribution >= 0.6 is 0 Å². The predicted octanol–water partition coefficient (Wildman–Crippen LogP) is 2.54. The Hall–Kier alpha value is -0.265. The van der Waals surface area contributed by atoms with Gasteiger partial charge in [0.2, 0.25) is 6.71 Å². The van der Waals surface area contributed by atoms with Crippen LogP contribution in [-0.4, -0.2) is 6.71 Å². The molecule has 0 unspecified atom stereocenters. The molecule has 0 aromatic heterocycles. The van der Waals surface area contributed by atoms with Gasteiger partial charge in [-0.2, -0.15) is 0 Å². The lowest BCUT2D eigenvalue weighted by Crippen LogP contribution is -2.04. The maximum atomic E-state index is 12.4. The molecule has 0 bridgehead atoms. The summed E-state index contributed by atoms with van der Waals surface area (Å²) in [6.07, 6.45) is 2.41. The molecular weight excluding hydrogens is 102 g/mol. The Balaban J connectivity index is 3.63. The molecule has 0 amide bonds. The average Bonchev–Trinajstić information content (AvgIpc) is 1.84. The van der Waals surface area contributed by atoms with Crippen LogP contribution in [0.3, 0.4) is 0 Å². The zero-order chi connectivity index (χ0) is 6.57. The molecule has 0 fully saturated rings. The van der Waals surface area contributed by atoms with Crippen LogP contribution in [-0.2, 0) is 0 Å². The molecule has 0 nitrogen and oxygen atoms in total.